The molecule has 0 saturated carbocycles. The van der Waals surface area contributed by atoms with Crippen molar-refractivity contribution in [2.75, 3.05) is 13.1 Å². The van der Waals surface area contributed by atoms with Crippen LogP contribution in [0.3, 0.4) is 0 Å². The Hall–Kier alpha value is -0.880. The van der Waals surface area contributed by atoms with Crippen molar-refractivity contribution in [3.05, 3.63) is 31.0 Å². The van der Waals surface area contributed by atoms with Crippen LogP contribution in [0.4, 0.5) is 0 Å². The molecule has 18 heavy (non-hydrogen) atoms. The first-order valence-electron chi connectivity index (χ1n) is 6.12. The third kappa shape index (κ3) is 2.31. The molecule has 5 nitrogen and oxygen atoms in total. The molecule has 6 heteroatoms. The van der Waals surface area contributed by atoms with E-state index < -0.39 is 0 Å². The van der Waals surface area contributed by atoms with Crippen LogP contribution in [0.1, 0.15) is 19.5 Å². The summed E-state index contributed by atoms with van der Waals surface area (Å²) in [4.78, 5) is 26.2. The maximum atomic E-state index is 12.0. The number of nitrogens with zero attached hydrogens (tertiary/aromatic N) is 3. The molecule has 0 bridgehead atoms. The molecular weight excluding hydrogens is 298 g/mol. The van der Waals surface area contributed by atoms with Gasteiger partial charge in [0.25, 0.3) is 5.56 Å². The van der Waals surface area contributed by atoms with Gasteiger partial charge in [0.1, 0.15) is 4.47 Å². The minimum absolute atomic E-state index is 0.220. The number of hydrogen-bond acceptors (Lipinski definition) is 3. The second-order valence-corrected chi connectivity index (χ2v) is 5.98. The van der Waals surface area contributed by atoms with Crippen LogP contribution in [0.2, 0.25) is 0 Å². The molecule has 0 saturated heterocycles. The molecule has 1 aliphatic heterocycles. The molecule has 2 heterocycles. The van der Waals surface area contributed by atoms with Crippen LogP contribution in [-0.2, 0) is 20.1 Å². The fraction of sp³-hybridized carbons (Fsp3) is 0.667. The van der Waals surface area contributed by atoms with Crippen LogP contribution >= 0.6 is 15.9 Å². The Morgan fingerprint density at radius 2 is 1.94 bits per heavy atom. The number of aromatic nitrogens is 2. The molecule has 0 aliphatic carbocycles. The Balaban J connectivity index is 2.44. The number of hydrogen-bond donors (Lipinski definition) is 0. The molecule has 2 rings (SSSR count). The van der Waals surface area contributed by atoms with Gasteiger partial charge in [0.05, 0.1) is 5.69 Å². The summed E-state index contributed by atoms with van der Waals surface area (Å²) in [5.74, 6) is 0.577. The largest absolute Gasteiger partial charge is 0.331 e. The van der Waals surface area contributed by atoms with E-state index in [-0.39, 0.29) is 11.2 Å². The molecule has 0 spiro atoms. The lowest BCUT2D eigenvalue weighted by Crippen LogP contribution is -2.47. The van der Waals surface area contributed by atoms with Gasteiger partial charge in [-0.25, -0.2) is 4.79 Å². The third-order valence-corrected chi connectivity index (χ3v) is 4.02. The first-order valence-corrected chi connectivity index (χ1v) is 6.91. The second kappa shape index (κ2) is 5.01. The molecule has 1 aromatic heterocycles. The Morgan fingerprint density at radius 1 is 1.28 bits per heavy atom. The number of rotatable bonds is 2. The fourth-order valence-corrected chi connectivity index (χ4v) is 2.97. The van der Waals surface area contributed by atoms with Crippen LogP contribution in [-0.4, -0.2) is 27.1 Å². The Bertz CT molecular complexity index is 574. The quantitative estimate of drug-likeness (QED) is 0.810. The lowest BCUT2D eigenvalue weighted by Gasteiger charge is -2.31. The zero-order valence-electron chi connectivity index (χ0n) is 10.9. The zero-order chi connectivity index (χ0) is 13.4. The zero-order valence-corrected chi connectivity index (χ0v) is 12.5. The lowest BCUT2D eigenvalue weighted by molar-refractivity contribution is 0.192. The smallest absolute Gasteiger partial charge is 0.296 e. The van der Waals surface area contributed by atoms with Gasteiger partial charge in [-0.3, -0.25) is 18.8 Å². The van der Waals surface area contributed by atoms with Gasteiger partial charge in [0, 0.05) is 33.2 Å². The van der Waals surface area contributed by atoms with Gasteiger partial charge in [-0.05, 0) is 21.8 Å². The van der Waals surface area contributed by atoms with E-state index in [0.29, 0.717) is 23.5 Å². The molecule has 0 unspecified atom stereocenters. The van der Waals surface area contributed by atoms with E-state index in [4.69, 9.17) is 0 Å². The SMILES string of the molecule is CC(C)CN1CCn2c(c(Br)c(=O)n(C)c2=O)C1. The average Bonchev–Trinajstić information content (AvgIpc) is 2.33. The van der Waals surface area contributed by atoms with Crippen molar-refractivity contribution in [2.24, 2.45) is 13.0 Å². The van der Waals surface area contributed by atoms with E-state index in [0.717, 1.165) is 23.4 Å². The molecule has 0 fully saturated rings. The third-order valence-electron chi connectivity index (χ3n) is 3.23. The van der Waals surface area contributed by atoms with Crippen LogP contribution in [0.5, 0.6) is 0 Å². The first-order chi connectivity index (χ1) is 8.41. The summed E-state index contributed by atoms with van der Waals surface area (Å²) in [6.45, 7) is 7.48. The predicted molar refractivity (Wildman–Crippen MR) is 73.8 cm³/mol. The summed E-state index contributed by atoms with van der Waals surface area (Å²) in [5, 5.41) is 0. The minimum atomic E-state index is -0.252. The number of halogens is 1. The minimum Gasteiger partial charge on any atom is -0.296 e. The van der Waals surface area contributed by atoms with Crippen LogP contribution < -0.4 is 11.2 Å². The lowest BCUT2D eigenvalue weighted by atomic mass is 10.2. The second-order valence-electron chi connectivity index (χ2n) is 5.19. The summed E-state index contributed by atoms with van der Waals surface area (Å²) in [5.41, 5.74) is 0.329. The van der Waals surface area contributed by atoms with Gasteiger partial charge in [-0.2, -0.15) is 0 Å². The Labute approximate surface area is 114 Å². The molecule has 0 N–H and O–H groups in total. The van der Waals surface area contributed by atoms with E-state index >= 15 is 0 Å². The van der Waals surface area contributed by atoms with Crippen molar-refractivity contribution in [3.8, 4) is 0 Å². The van der Waals surface area contributed by atoms with E-state index in [1.165, 1.54) is 7.05 Å². The van der Waals surface area contributed by atoms with Gasteiger partial charge < -0.3 is 0 Å². The van der Waals surface area contributed by atoms with Gasteiger partial charge in [0.2, 0.25) is 0 Å². The Kier molecular flexibility index (Phi) is 3.77. The summed E-state index contributed by atoms with van der Waals surface area (Å²) in [7, 11) is 1.52. The summed E-state index contributed by atoms with van der Waals surface area (Å²) < 4.78 is 3.37. The highest BCUT2D eigenvalue weighted by atomic mass is 79.9. The van der Waals surface area contributed by atoms with Crippen LogP contribution in [0.15, 0.2) is 14.1 Å². The molecule has 0 amide bonds. The van der Waals surface area contributed by atoms with Crippen molar-refractivity contribution in [2.45, 2.75) is 26.9 Å². The van der Waals surface area contributed by atoms with Crippen LogP contribution in [0, 0.1) is 5.92 Å². The van der Waals surface area contributed by atoms with Crippen LogP contribution in [0.25, 0.3) is 0 Å². The van der Waals surface area contributed by atoms with E-state index in [1.54, 1.807) is 4.57 Å². The van der Waals surface area contributed by atoms with Crippen molar-refractivity contribution >= 4 is 15.9 Å². The fourth-order valence-electron chi connectivity index (χ4n) is 2.36. The summed E-state index contributed by atoms with van der Waals surface area (Å²) >= 11 is 3.32. The van der Waals surface area contributed by atoms with Gasteiger partial charge in [0.15, 0.2) is 0 Å². The number of fused-ring (bicyclic) bond motifs is 1. The highest BCUT2D eigenvalue weighted by Gasteiger charge is 2.22. The van der Waals surface area contributed by atoms with E-state index in [9.17, 15) is 9.59 Å². The highest BCUT2D eigenvalue weighted by molar-refractivity contribution is 9.10. The molecule has 1 aromatic rings. The molecule has 100 valence electrons. The van der Waals surface area contributed by atoms with Crippen molar-refractivity contribution in [3.63, 3.8) is 0 Å². The van der Waals surface area contributed by atoms with Crippen molar-refractivity contribution < 1.29 is 0 Å². The van der Waals surface area contributed by atoms with Gasteiger partial charge in [-0.15, -0.1) is 0 Å². The van der Waals surface area contributed by atoms with Crippen molar-refractivity contribution in [1.82, 2.24) is 14.0 Å². The highest BCUT2D eigenvalue weighted by Crippen LogP contribution is 2.17. The monoisotopic (exact) mass is 315 g/mol. The first kappa shape index (κ1) is 13.5. The Morgan fingerprint density at radius 3 is 2.56 bits per heavy atom. The topological polar surface area (TPSA) is 47.2 Å². The average molecular weight is 316 g/mol. The normalized spacial score (nSPS) is 16.1. The van der Waals surface area contributed by atoms with E-state index in [2.05, 4.69) is 34.7 Å². The molecule has 0 radical (unpaired) electrons. The molecule has 1 aliphatic rings. The molecule has 0 atom stereocenters. The summed E-state index contributed by atoms with van der Waals surface area (Å²) in [6.07, 6.45) is 0. The van der Waals surface area contributed by atoms with Crippen molar-refractivity contribution in [1.29, 1.82) is 0 Å². The summed E-state index contributed by atoms with van der Waals surface area (Å²) in [6, 6.07) is 0. The predicted octanol–water partition coefficient (Wildman–Crippen LogP) is 0.781. The van der Waals surface area contributed by atoms with Gasteiger partial charge >= 0.3 is 5.69 Å². The maximum Gasteiger partial charge on any atom is 0.331 e. The molecule has 0 aromatic carbocycles. The maximum absolute atomic E-state index is 12.0. The molecular formula is C12H18BrN3O2. The van der Waals surface area contributed by atoms with E-state index in [1.807, 2.05) is 0 Å². The van der Waals surface area contributed by atoms with Gasteiger partial charge in [-0.1, -0.05) is 13.8 Å². The standard InChI is InChI=1S/C12H18BrN3O2/c1-8(2)6-15-4-5-16-9(7-15)10(13)11(17)14(3)12(16)18/h8H,4-7H2,1-3H3.